The maximum Gasteiger partial charge on any atom is 0.268 e. The fraction of sp³-hybridized carbons (Fsp3) is 0.300. The molecule has 1 atom stereocenters. The number of rotatable bonds is 5. The number of hydrogen-bond acceptors (Lipinski definition) is 6. The van der Waals surface area contributed by atoms with Crippen LogP contribution in [0.25, 0.3) is 0 Å². The minimum absolute atomic E-state index is 0.0516. The minimum Gasteiger partial charge on any atom is -0.382 e. The number of hydrogen-bond donors (Lipinski definition) is 1. The summed E-state index contributed by atoms with van der Waals surface area (Å²) in [7, 11) is -3.62. The summed E-state index contributed by atoms with van der Waals surface area (Å²) in [5.41, 5.74) is 0.749. The summed E-state index contributed by atoms with van der Waals surface area (Å²) >= 11 is 6.04. The molecular formula is C20H19ClFN3O5S. The van der Waals surface area contributed by atoms with Gasteiger partial charge in [0.2, 0.25) is 16.1 Å². The molecule has 11 heteroatoms. The lowest BCUT2D eigenvalue weighted by Gasteiger charge is -2.26. The normalized spacial score (nSPS) is 19.5. The summed E-state index contributed by atoms with van der Waals surface area (Å²) in [6, 6.07) is 10.1. The fourth-order valence-corrected chi connectivity index (χ4v) is 4.99. The fourth-order valence-electron chi connectivity index (χ4n) is 3.31. The van der Waals surface area contributed by atoms with E-state index in [-0.39, 0.29) is 27.6 Å². The second kappa shape index (κ2) is 8.91. The van der Waals surface area contributed by atoms with Gasteiger partial charge in [-0.05, 0) is 36.4 Å². The summed E-state index contributed by atoms with van der Waals surface area (Å²) in [6.45, 7) is 1.32. The molecule has 2 aromatic rings. The molecule has 31 heavy (non-hydrogen) atoms. The Hall–Kier alpha value is -2.53. The smallest absolute Gasteiger partial charge is 0.268 e. The van der Waals surface area contributed by atoms with Crippen LogP contribution >= 0.6 is 11.6 Å². The number of nitrogens with one attached hydrogen (secondary N) is 1. The summed E-state index contributed by atoms with van der Waals surface area (Å²) in [5.74, 6) is -1.04. The van der Waals surface area contributed by atoms with Gasteiger partial charge < -0.3 is 14.9 Å². The van der Waals surface area contributed by atoms with Gasteiger partial charge in [-0.15, -0.1) is 0 Å². The molecule has 0 bridgehead atoms. The first-order valence-corrected chi connectivity index (χ1v) is 11.3. The second-order valence-corrected chi connectivity index (χ2v) is 9.31. The van der Waals surface area contributed by atoms with Gasteiger partial charge in [-0.1, -0.05) is 22.8 Å². The Morgan fingerprint density at radius 3 is 2.55 bits per heavy atom. The zero-order valence-corrected chi connectivity index (χ0v) is 17.8. The molecule has 0 aliphatic carbocycles. The van der Waals surface area contributed by atoms with E-state index in [1.54, 1.807) is 0 Å². The number of sulfonamides is 1. The highest BCUT2D eigenvalue weighted by atomic mass is 35.5. The van der Waals surface area contributed by atoms with Crippen LogP contribution in [0.1, 0.15) is 12.0 Å². The predicted molar refractivity (Wildman–Crippen MR) is 112 cm³/mol. The Bertz CT molecular complexity index is 1100. The Balaban J connectivity index is 1.40. The number of oxime groups is 1. The summed E-state index contributed by atoms with van der Waals surface area (Å²) in [4.78, 5) is 17.8. The zero-order chi connectivity index (χ0) is 22.0. The molecule has 0 saturated carbocycles. The van der Waals surface area contributed by atoms with E-state index >= 15 is 0 Å². The van der Waals surface area contributed by atoms with Gasteiger partial charge in [0.15, 0.2) is 0 Å². The first-order valence-electron chi connectivity index (χ1n) is 9.52. The Kier molecular flexibility index (Phi) is 6.24. The minimum atomic E-state index is -3.62. The van der Waals surface area contributed by atoms with Gasteiger partial charge >= 0.3 is 0 Å². The molecule has 0 unspecified atom stereocenters. The number of ether oxygens (including phenoxy) is 1. The largest absolute Gasteiger partial charge is 0.382 e. The molecule has 0 aromatic heterocycles. The Morgan fingerprint density at radius 2 is 1.87 bits per heavy atom. The third kappa shape index (κ3) is 4.57. The number of halogens is 2. The van der Waals surface area contributed by atoms with E-state index in [1.165, 1.54) is 46.8 Å². The maximum atomic E-state index is 14.1. The van der Waals surface area contributed by atoms with Crippen LogP contribution in [0.15, 0.2) is 52.5 Å². The first-order chi connectivity index (χ1) is 14.9. The standard InChI is InChI=1S/C20H19ClFN3O5S/c21-15-2-1-3-16(22)19(15)17-12-18(30-24-17)20(26)23-13-4-6-14(7-5-13)31(27,28)25-8-10-29-11-9-25/h1-7,18H,8-12H2,(H,23,26)/t18-/m1/s1. The highest BCUT2D eigenvalue weighted by Crippen LogP contribution is 2.26. The monoisotopic (exact) mass is 467 g/mol. The van der Waals surface area contributed by atoms with E-state index in [9.17, 15) is 17.6 Å². The van der Waals surface area contributed by atoms with Crippen molar-refractivity contribution in [2.45, 2.75) is 17.4 Å². The number of morpholine rings is 1. The van der Waals surface area contributed by atoms with Crippen molar-refractivity contribution in [3.63, 3.8) is 0 Å². The van der Waals surface area contributed by atoms with E-state index < -0.39 is 27.9 Å². The van der Waals surface area contributed by atoms with Gasteiger partial charge in [-0.2, -0.15) is 4.31 Å². The third-order valence-corrected chi connectivity index (χ3v) is 7.17. The molecule has 4 rings (SSSR count). The van der Waals surface area contributed by atoms with Gasteiger partial charge in [0.25, 0.3) is 5.91 Å². The molecular weight excluding hydrogens is 449 g/mol. The van der Waals surface area contributed by atoms with Crippen molar-refractivity contribution < 1.29 is 27.2 Å². The SMILES string of the molecule is O=C(Nc1ccc(S(=O)(=O)N2CCOCC2)cc1)[C@H]1CC(c2c(F)cccc2Cl)=NO1. The van der Waals surface area contributed by atoms with Gasteiger partial charge in [0, 0.05) is 25.2 Å². The second-order valence-electron chi connectivity index (χ2n) is 6.96. The van der Waals surface area contributed by atoms with E-state index in [2.05, 4.69) is 10.5 Å². The average Bonchev–Trinajstić information content (AvgIpc) is 3.24. The van der Waals surface area contributed by atoms with Crippen molar-refractivity contribution in [3.05, 3.63) is 58.9 Å². The molecule has 8 nitrogen and oxygen atoms in total. The van der Waals surface area contributed by atoms with Crippen LogP contribution < -0.4 is 5.32 Å². The van der Waals surface area contributed by atoms with Crippen LogP contribution in [0.5, 0.6) is 0 Å². The molecule has 1 saturated heterocycles. The van der Waals surface area contributed by atoms with Crippen LogP contribution in [-0.4, -0.2) is 56.7 Å². The highest BCUT2D eigenvalue weighted by molar-refractivity contribution is 7.89. The number of carbonyl (C=O) groups is 1. The summed E-state index contributed by atoms with van der Waals surface area (Å²) in [6.07, 6.45) is -0.905. The van der Waals surface area contributed by atoms with E-state index in [0.29, 0.717) is 32.0 Å². The molecule has 0 radical (unpaired) electrons. The topological polar surface area (TPSA) is 97.3 Å². The van der Waals surface area contributed by atoms with Crippen LogP contribution in [-0.2, 0) is 24.4 Å². The number of nitrogens with zero attached hydrogens (tertiary/aromatic N) is 2. The van der Waals surface area contributed by atoms with Crippen LogP contribution in [0.2, 0.25) is 5.02 Å². The van der Waals surface area contributed by atoms with E-state index in [1.807, 2.05) is 0 Å². The Morgan fingerprint density at radius 1 is 1.16 bits per heavy atom. The van der Waals surface area contributed by atoms with E-state index in [4.69, 9.17) is 21.2 Å². The highest BCUT2D eigenvalue weighted by Gasteiger charge is 2.31. The van der Waals surface area contributed by atoms with Crippen LogP contribution in [0.3, 0.4) is 0 Å². The number of benzene rings is 2. The van der Waals surface area contributed by atoms with Gasteiger partial charge in [-0.25, -0.2) is 12.8 Å². The molecule has 2 heterocycles. The van der Waals surface area contributed by atoms with Crippen LogP contribution in [0.4, 0.5) is 10.1 Å². The first kappa shape index (κ1) is 21.7. The Labute approximate surface area is 183 Å². The molecule has 2 aromatic carbocycles. The van der Waals surface area contributed by atoms with Crippen molar-refractivity contribution in [1.82, 2.24) is 4.31 Å². The van der Waals surface area contributed by atoms with Crippen molar-refractivity contribution in [3.8, 4) is 0 Å². The van der Waals surface area contributed by atoms with Crippen molar-refractivity contribution in [2.24, 2.45) is 5.16 Å². The van der Waals surface area contributed by atoms with Gasteiger partial charge in [-0.3, -0.25) is 4.79 Å². The number of carbonyl (C=O) groups excluding carboxylic acids is 1. The lowest BCUT2D eigenvalue weighted by molar-refractivity contribution is -0.125. The van der Waals surface area contributed by atoms with Crippen LogP contribution in [0, 0.1) is 5.82 Å². The lowest BCUT2D eigenvalue weighted by Crippen LogP contribution is -2.40. The third-order valence-electron chi connectivity index (χ3n) is 4.94. The molecule has 1 amide bonds. The molecule has 1 N–H and O–H groups in total. The molecule has 1 fully saturated rings. The van der Waals surface area contributed by atoms with Crippen molar-refractivity contribution in [2.75, 3.05) is 31.6 Å². The molecule has 2 aliphatic heterocycles. The van der Waals surface area contributed by atoms with E-state index in [0.717, 1.165) is 0 Å². The summed E-state index contributed by atoms with van der Waals surface area (Å²) < 4.78 is 45.9. The lowest BCUT2D eigenvalue weighted by atomic mass is 10.0. The van der Waals surface area contributed by atoms with Gasteiger partial charge in [0.05, 0.1) is 34.4 Å². The number of anilines is 1. The maximum absolute atomic E-state index is 14.1. The zero-order valence-electron chi connectivity index (χ0n) is 16.3. The molecule has 0 spiro atoms. The van der Waals surface area contributed by atoms with Crippen molar-refractivity contribution in [1.29, 1.82) is 0 Å². The molecule has 164 valence electrons. The number of amides is 1. The van der Waals surface area contributed by atoms with Crippen molar-refractivity contribution >= 4 is 38.9 Å². The quantitative estimate of drug-likeness (QED) is 0.729. The summed E-state index contributed by atoms with van der Waals surface area (Å²) in [5, 5.41) is 6.64. The van der Waals surface area contributed by atoms with Gasteiger partial charge in [0.1, 0.15) is 5.82 Å². The predicted octanol–water partition coefficient (Wildman–Crippen LogP) is 2.63. The molecule has 2 aliphatic rings. The average molecular weight is 468 g/mol.